The predicted molar refractivity (Wildman–Crippen MR) is 97.6 cm³/mol. The van der Waals surface area contributed by atoms with E-state index in [0.717, 1.165) is 36.9 Å². The van der Waals surface area contributed by atoms with Crippen molar-refractivity contribution in [3.63, 3.8) is 0 Å². The molecule has 2 N–H and O–H groups in total. The summed E-state index contributed by atoms with van der Waals surface area (Å²) in [5.41, 5.74) is 3.18. The monoisotopic (exact) mass is 327 g/mol. The van der Waals surface area contributed by atoms with Gasteiger partial charge in [-0.1, -0.05) is 38.1 Å². The highest BCUT2D eigenvalue weighted by molar-refractivity contribution is 5.98. The first kappa shape index (κ1) is 17.2. The average molecular weight is 327 g/mol. The molecule has 1 saturated carbocycles. The fourth-order valence-electron chi connectivity index (χ4n) is 3.89. The minimum absolute atomic E-state index is 0.0288. The Morgan fingerprint density at radius 2 is 1.75 bits per heavy atom. The Bertz CT molecular complexity index is 664. The summed E-state index contributed by atoms with van der Waals surface area (Å²) in [4.78, 5) is 12.8. The first-order valence-corrected chi connectivity index (χ1v) is 9.04. The van der Waals surface area contributed by atoms with Gasteiger partial charge in [0.05, 0.1) is 6.10 Å². The zero-order valence-corrected chi connectivity index (χ0v) is 15.2. The molecule has 3 heteroatoms. The van der Waals surface area contributed by atoms with Crippen LogP contribution >= 0.6 is 0 Å². The molecule has 1 aliphatic carbocycles. The molecule has 1 heterocycles. The highest BCUT2D eigenvalue weighted by Crippen LogP contribution is 2.43. The molecular formula is C21H29NO2. The molecule has 0 amide bonds. The molecule has 1 aromatic carbocycles. The van der Waals surface area contributed by atoms with Crippen LogP contribution in [0.4, 0.5) is 0 Å². The van der Waals surface area contributed by atoms with Crippen LogP contribution < -0.4 is 5.32 Å². The number of hydrogen-bond acceptors (Lipinski definition) is 3. The van der Waals surface area contributed by atoms with Crippen molar-refractivity contribution in [1.82, 2.24) is 5.32 Å². The Morgan fingerprint density at radius 1 is 1.12 bits per heavy atom. The lowest BCUT2D eigenvalue weighted by atomic mass is 9.65. The van der Waals surface area contributed by atoms with Crippen LogP contribution in [-0.4, -0.2) is 22.5 Å². The predicted octanol–water partition coefficient (Wildman–Crippen LogP) is 3.81. The second-order valence-electron chi connectivity index (χ2n) is 8.39. The standard InChI is InChI=1S/C21H29NO2/c1-20(2)17-8-6-5-7-16(17)18(22-21(20,3)4)13-19(24)14-9-11-15(23)12-10-14/h5-8,13-15,22-23H,9-12H2,1-4H3/b18-13+. The summed E-state index contributed by atoms with van der Waals surface area (Å²) in [5, 5.41) is 13.3. The Morgan fingerprint density at radius 3 is 2.42 bits per heavy atom. The van der Waals surface area contributed by atoms with Gasteiger partial charge in [0.2, 0.25) is 0 Å². The maximum Gasteiger partial charge on any atom is 0.160 e. The number of fused-ring (bicyclic) bond motifs is 1. The van der Waals surface area contributed by atoms with Crippen molar-refractivity contribution in [1.29, 1.82) is 0 Å². The second-order valence-corrected chi connectivity index (χ2v) is 8.39. The minimum Gasteiger partial charge on any atom is -0.393 e. The Balaban J connectivity index is 1.94. The van der Waals surface area contributed by atoms with Crippen molar-refractivity contribution in [3.05, 3.63) is 41.5 Å². The van der Waals surface area contributed by atoms with E-state index in [1.165, 1.54) is 5.56 Å². The Hall–Kier alpha value is -1.61. The molecule has 24 heavy (non-hydrogen) atoms. The number of aliphatic hydroxyl groups is 1. The van der Waals surface area contributed by atoms with Crippen LogP contribution in [0.2, 0.25) is 0 Å². The quantitative estimate of drug-likeness (QED) is 0.812. The first-order chi connectivity index (χ1) is 11.2. The maximum absolute atomic E-state index is 12.8. The number of rotatable bonds is 2. The molecule has 0 atom stereocenters. The number of nitrogens with one attached hydrogen (secondary N) is 1. The molecule has 0 saturated heterocycles. The third kappa shape index (κ3) is 2.90. The minimum atomic E-state index is -0.227. The number of carbonyl (C=O) groups excluding carboxylic acids is 1. The fraction of sp³-hybridized carbons (Fsp3) is 0.571. The van der Waals surface area contributed by atoms with Crippen LogP contribution in [0, 0.1) is 5.92 Å². The van der Waals surface area contributed by atoms with Gasteiger partial charge in [-0.2, -0.15) is 0 Å². The third-order valence-electron chi connectivity index (χ3n) is 6.29. The summed E-state index contributed by atoms with van der Waals surface area (Å²) in [6.45, 7) is 8.89. The first-order valence-electron chi connectivity index (χ1n) is 9.04. The molecule has 130 valence electrons. The van der Waals surface area contributed by atoms with Crippen LogP contribution in [0.5, 0.6) is 0 Å². The Kier molecular flexibility index (Phi) is 4.33. The van der Waals surface area contributed by atoms with Crippen LogP contribution in [0.25, 0.3) is 5.70 Å². The van der Waals surface area contributed by atoms with Crippen molar-refractivity contribution >= 4 is 11.5 Å². The van der Waals surface area contributed by atoms with Crippen LogP contribution in [0.3, 0.4) is 0 Å². The average Bonchev–Trinajstić information content (AvgIpc) is 2.53. The zero-order chi connectivity index (χ0) is 17.5. The molecule has 0 bridgehead atoms. The lowest BCUT2D eigenvalue weighted by Gasteiger charge is -2.49. The number of ketones is 1. The highest BCUT2D eigenvalue weighted by Gasteiger charge is 2.44. The number of aliphatic hydroxyl groups excluding tert-OH is 1. The lowest BCUT2D eigenvalue weighted by Crippen LogP contribution is -2.56. The molecule has 0 unspecified atom stereocenters. The topological polar surface area (TPSA) is 49.3 Å². The van der Waals surface area contributed by atoms with Crippen molar-refractivity contribution in [2.45, 2.75) is 70.4 Å². The molecule has 1 aromatic rings. The largest absolute Gasteiger partial charge is 0.393 e. The number of allylic oxidation sites excluding steroid dienone is 1. The SMILES string of the molecule is CC1(C)N/C(=C/C(=O)C2CCC(O)CC2)c2ccccc2C1(C)C. The summed E-state index contributed by atoms with van der Waals surface area (Å²) in [6, 6.07) is 8.38. The van der Waals surface area contributed by atoms with E-state index in [0.29, 0.717) is 0 Å². The zero-order valence-electron chi connectivity index (χ0n) is 15.2. The van der Waals surface area contributed by atoms with E-state index in [-0.39, 0.29) is 28.8 Å². The van der Waals surface area contributed by atoms with Crippen LogP contribution in [0.15, 0.2) is 30.3 Å². The summed E-state index contributed by atoms with van der Waals surface area (Å²) >= 11 is 0. The van der Waals surface area contributed by atoms with Gasteiger partial charge in [0.25, 0.3) is 0 Å². The molecule has 2 aliphatic rings. The van der Waals surface area contributed by atoms with Gasteiger partial charge in [-0.3, -0.25) is 4.79 Å². The number of hydrogen-bond donors (Lipinski definition) is 2. The van der Waals surface area contributed by atoms with Crippen LogP contribution in [0.1, 0.15) is 64.5 Å². The van der Waals surface area contributed by atoms with Crippen molar-refractivity contribution < 1.29 is 9.90 Å². The van der Waals surface area contributed by atoms with Gasteiger partial charge in [0, 0.05) is 34.2 Å². The maximum atomic E-state index is 12.8. The molecule has 3 rings (SSSR count). The normalized spacial score (nSPS) is 29.6. The molecule has 0 aromatic heterocycles. The summed E-state index contributed by atoms with van der Waals surface area (Å²) in [7, 11) is 0. The summed E-state index contributed by atoms with van der Waals surface area (Å²) in [5.74, 6) is 0.239. The third-order valence-corrected chi connectivity index (χ3v) is 6.29. The van der Waals surface area contributed by atoms with E-state index in [1.54, 1.807) is 6.08 Å². The van der Waals surface area contributed by atoms with Gasteiger partial charge in [0.15, 0.2) is 5.78 Å². The van der Waals surface area contributed by atoms with Gasteiger partial charge < -0.3 is 10.4 Å². The molecule has 3 nitrogen and oxygen atoms in total. The highest BCUT2D eigenvalue weighted by atomic mass is 16.3. The van der Waals surface area contributed by atoms with Crippen LogP contribution in [-0.2, 0) is 10.2 Å². The van der Waals surface area contributed by atoms with Crippen molar-refractivity contribution in [3.8, 4) is 0 Å². The van der Waals surface area contributed by atoms with E-state index in [2.05, 4.69) is 51.2 Å². The van der Waals surface area contributed by atoms with Gasteiger partial charge in [0.1, 0.15) is 0 Å². The van der Waals surface area contributed by atoms with E-state index in [1.807, 2.05) is 6.07 Å². The second kappa shape index (κ2) is 6.03. The van der Waals surface area contributed by atoms with Gasteiger partial charge in [-0.05, 0) is 45.1 Å². The lowest BCUT2D eigenvalue weighted by molar-refractivity contribution is -0.119. The van der Waals surface area contributed by atoms with Gasteiger partial charge in [-0.15, -0.1) is 0 Å². The smallest absolute Gasteiger partial charge is 0.160 e. The van der Waals surface area contributed by atoms with E-state index in [9.17, 15) is 9.90 Å². The van der Waals surface area contributed by atoms with E-state index < -0.39 is 0 Å². The molecule has 0 spiro atoms. The molecule has 0 radical (unpaired) electrons. The number of benzene rings is 1. The number of carbonyl (C=O) groups is 1. The van der Waals surface area contributed by atoms with Gasteiger partial charge >= 0.3 is 0 Å². The molecule has 1 aliphatic heterocycles. The van der Waals surface area contributed by atoms with E-state index >= 15 is 0 Å². The van der Waals surface area contributed by atoms with E-state index in [4.69, 9.17) is 0 Å². The molecular weight excluding hydrogens is 298 g/mol. The van der Waals surface area contributed by atoms with Gasteiger partial charge in [-0.25, -0.2) is 0 Å². The molecule has 1 fully saturated rings. The Labute approximate surface area is 145 Å². The van der Waals surface area contributed by atoms with Crippen molar-refractivity contribution in [2.24, 2.45) is 5.92 Å². The summed E-state index contributed by atoms with van der Waals surface area (Å²) in [6.07, 6.45) is 4.64. The van der Waals surface area contributed by atoms with Crippen molar-refractivity contribution in [2.75, 3.05) is 0 Å². The summed E-state index contributed by atoms with van der Waals surface area (Å²) < 4.78 is 0. The fourth-order valence-corrected chi connectivity index (χ4v) is 3.89.